The van der Waals surface area contributed by atoms with Crippen molar-refractivity contribution < 1.29 is 9.47 Å². The minimum atomic E-state index is 0.646. The molecule has 0 atom stereocenters. The molecule has 3 aromatic carbocycles. The summed E-state index contributed by atoms with van der Waals surface area (Å²) in [5, 5.41) is 0. The zero-order chi connectivity index (χ0) is 19.4. The van der Waals surface area contributed by atoms with Crippen LogP contribution in [0.3, 0.4) is 0 Å². The van der Waals surface area contributed by atoms with Gasteiger partial charge in [-0.15, -0.1) is 0 Å². The number of halogens is 1. The first-order valence-electron chi connectivity index (χ1n) is 9.56. The van der Waals surface area contributed by atoms with E-state index < -0.39 is 0 Å². The van der Waals surface area contributed by atoms with Crippen molar-refractivity contribution in [1.82, 2.24) is 4.90 Å². The molecule has 0 aliphatic rings. The summed E-state index contributed by atoms with van der Waals surface area (Å²) in [4.78, 5) is 2.37. The number of rotatable bonds is 11. The molecule has 0 aliphatic carbocycles. The molecule has 0 aliphatic heterocycles. The first-order chi connectivity index (χ1) is 13.8. The fourth-order valence-electron chi connectivity index (χ4n) is 2.89. The van der Waals surface area contributed by atoms with E-state index in [9.17, 15) is 0 Å². The maximum absolute atomic E-state index is 5.90. The van der Waals surface area contributed by atoms with Gasteiger partial charge in [0.05, 0.1) is 13.2 Å². The van der Waals surface area contributed by atoms with E-state index in [0.29, 0.717) is 19.8 Å². The van der Waals surface area contributed by atoms with Crippen LogP contribution in [0.5, 0.6) is 5.75 Å². The predicted octanol–water partition coefficient (Wildman–Crippen LogP) is 5.55. The second-order valence-corrected chi connectivity index (χ2v) is 7.52. The van der Waals surface area contributed by atoms with Gasteiger partial charge in [-0.1, -0.05) is 76.6 Å². The molecule has 0 N–H and O–H groups in total. The molecule has 0 aromatic heterocycles. The summed E-state index contributed by atoms with van der Waals surface area (Å²) in [6, 6.07) is 28.8. The Morgan fingerprint density at radius 3 is 1.96 bits per heavy atom. The van der Waals surface area contributed by atoms with Crippen LogP contribution in [0.25, 0.3) is 0 Å². The Balaban J connectivity index is 1.47. The lowest BCUT2D eigenvalue weighted by Crippen LogP contribution is -2.31. The molecule has 3 aromatic rings. The quantitative estimate of drug-likeness (QED) is 0.365. The molecule has 0 saturated carbocycles. The highest BCUT2D eigenvalue weighted by Crippen LogP contribution is 2.16. The third kappa shape index (κ3) is 7.47. The van der Waals surface area contributed by atoms with E-state index in [4.69, 9.17) is 9.47 Å². The van der Waals surface area contributed by atoms with E-state index in [1.165, 1.54) is 11.1 Å². The van der Waals surface area contributed by atoms with Gasteiger partial charge in [-0.25, -0.2) is 0 Å². The van der Waals surface area contributed by atoms with Crippen molar-refractivity contribution in [3.05, 3.63) is 101 Å². The van der Waals surface area contributed by atoms with E-state index in [0.717, 1.165) is 29.9 Å². The average Bonchev–Trinajstić information content (AvgIpc) is 2.74. The molecule has 4 heteroatoms. The monoisotopic (exact) mass is 439 g/mol. The van der Waals surface area contributed by atoms with E-state index in [1.54, 1.807) is 0 Å². The van der Waals surface area contributed by atoms with Gasteiger partial charge in [0.25, 0.3) is 0 Å². The Hall–Kier alpha value is -2.14. The number of ether oxygens (including phenoxy) is 2. The lowest BCUT2D eigenvalue weighted by atomic mass is 10.2. The van der Waals surface area contributed by atoms with Crippen molar-refractivity contribution in [2.24, 2.45) is 0 Å². The maximum atomic E-state index is 5.90. The Morgan fingerprint density at radius 1 is 0.679 bits per heavy atom. The summed E-state index contributed by atoms with van der Waals surface area (Å²) in [5.74, 6) is 0.892. The van der Waals surface area contributed by atoms with Crippen molar-refractivity contribution in [3.63, 3.8) is 0 Å². The Kier molecular flexibility index (Phi) is 8.56. The van der Waals surface area contributed by atoms with Gasteiger partial charge in [-0.3, -0.25) is 4.90 Å². The summed E-state index contributed by atoms with van der Waals surface area (Å²) in [5.41, 5.74) is 2.50. The lowest BCUT2D eigenvalue weighted by Gasteiger charge is -2.22. The van der Waals surface area contributed by atoms with E-state index in [2.05, 4.69) is 57.2 Å². The molecule has 0 bridgehead atoms. The van der Waals surface area contributed by atoms with Gasteiger partial charge in [-0.2, -0.15) is 0 Å². The summed E-state index contributed by atoms with van der Waals surface area (Å²) in [6.45, 7) is 4.59. The van der Waals surface area contributed by atoms with Gasteiger partial charge in [0.2, 0.25) is 0 Å². The van der Waals surface area contributed by atoms with Gasteiger partial charge in [0, 0.05) is 24.1 Å². The van der Waals surface area contributed by atoms with Crippen LogP contribution in [0.1, 0.15) is 11.1 Å². The van der Waals surface area contributed by atoms with E-state index in [1.807, 2.05) is 48.5 Å². The molecule has 3 rings (SSSR count). The largest absolute Gasteiger partial charge is 0.492 e. The third-order valence-electron chi connectivity index (χ3n) is 4.40. The van der Waals surface area contributed by atoms with Gasteiger partial charge in [0.1, 0.15) is 12.4 Å². The molecular formula is C24H26BrNO2. The summed E-state index contributed by atoms with van der Waals surface area (Å²) in [6.07, 6.45) is 0. The minimum absolute atomic E-state index is 0.646. The van der Waals surface area contributed by atoms with Crippen LogP contribution >= 0.6 is 15.9 Å². The summed E-state index contributed by atoms with van der Waals surface area (Å²) in [7, 11) is 0. The van der Waals surface area contributed by atoms with Gasteiger partial charge >= 0.3 is 0 Å². The normalized spacial score (nSPS) is 10.9. The highest BCUT2D eigenvalue weighted by molar-refractivity contribution is 9.10. The standard InChI is InChI=1S/C24H26BrNO2/c25-23-11-13-24(14-12-23)28-18-16-26(19-21-7-3-1-4-8-21)15-17-27-20-22-9-5-2-6-10-22/h1-14H,15-20H2. The fraction of sp³-hybridized carbons (Fsp3) is 0.250. The highest BCUT2D eigenvalue weighted by Gasteiger charge is 2.07. The molecule has 0 saturated heterocycles. The van der Waals surface area contributed by atoms with E-state index in [-0.39, 0.29) is 0 Å². The van der Waals surface area contributed by atoms with Crippen LogP contribution in [0, 0.1) is 0 Å². The van der Waals surface area contributed by atoms with Crippen LogP contribution < -0.4 is 4.74 Å². The second kappa shape index (κ2) is 11.6. The predicted molar refractivity (Wildman–Crippen MR) is 117 cm³/mol. The number of hydrogen-bond donors (Lipinski definition) is 0. The molecule has 0 spiro atoms. The first kappa shape index (κ1) is 20.6. The molecule has 146 valence electrons. The highest BCUT2D eigenvalue weighted by atomic mass is 79.9. The molecule has 0 heterocycles. The zero-order valence-corrected chi connectivity index (χ0v) is 17.6. The van der Waals surface area contributed by atoms with E-state index >= 15 is 0 Å². The average molecular weight is 440 g/mol. The van der Waals surface area contributed by atoms with Crippen molar-refractivity contribution in [3.8, 4) is 5.75 Å². The Labute approximate surface area is 176 Å². The Morgan fingerprint density at radius 2 is 1.29 bits per heavy atom. The van der Waals surface area contributed by atoms with Crippen molar-refractivity contribution in [1.29, 1.82) is 0 Å². The van der Waals surface area contributed by atoms with Gasteiger partial charge < -0.3 is 9.47 Å². The lowest BCUT2D eigenvalue weighted by molar-refractivity contribution is 0.0849. The molecular weight excluding hydrogens is 414 g/mol. The Bertz CT molecular complexity index is 794. The van der Waals surface area contributed by atoms with Gasteiger partial charge in [0.15, 0.2) is 0 Å². The van der Waals surface area contributed by atoms with Gasteiger partial charge in [-0.05, 0) is 35.4 Å². The molecule has 28 heavy (non-hydrogen) atoms. The molecule has 0 amide bonds. The van der Waals surface area contributed by atoms with Crippen LogP contribution in [-0.4, -0.2) is 31.2 Å². The molecule has 0 fully saturated rings. The zero-order valence-electron chi connectivity index (χ0n) is 16.0. The molecule has 3 nitrogen and oxygen atoms in total. The topological polar surface area (TPSA) is 21.7 Å². The first-order valence-corrected chi connectivity index (χ1v) is 10.4. The minimum Gasteiger partial charge on any atom is -0.492 e. The van der Waals surface area contributed by atoms with Crippen molar-refractivity contribution >= 4 is 15.9 Å². The second-order valence-electron chi connectivity index (χ2n) is 6.60. The summed E-state index contributed by atoms with van der Waals surface area (Å²) < 4.78 is 12.8. The third-order valence-corrected chi connectivity index (χ3v) is 4.93. The number of nitrogens with zero attached hydrogens (tertiary/aromatic N) is 1. The van der Waals surface area contributed by atoms with Crippen molar-refractivity contribution in [2.45, 2.75) is 13.2 Å². The number of benzene rings is 3. The van der Waals surface area contributed by atoms with Crippen LogP contribution in [0.2, 0.25) is 0 Å². The summed E-state index contributed by atoms with van der Waals surface area (Å²) >= 11 is 3.45. The van der Waals surface area contributed by atoms with Crippen LogP contribution in [0.15, 0.2) is 89.4 Å². The maximum Gasteiger partial charge on any atom is 0.119 e. The fourth-order valence-corrected chi connectivity index (χ4v) is 3.16. The van der Waals surface area contributed by atoms with Crippen LogP contribution in [0.4, 0.5) is 0 Å². The molecule has 0 unspecified atom stereocenters. The number of hydrogen-bond acceptors (Lipinski definition) is 3. The SMILES string of the molecule is Brc1ccc(OCCN(CCOCc2ccccc2)Cc2ccccc2)cc1. The molecule has 0 radical (unpaired) electrons. The van der Waals surface area contributed by atoms with Crippen molar-refractivity contribution in [2.75, 3.05) is 26.3 Å². The smallest absolute Gasteiger partial charge is 0.119 e. The van der Waals surface area contributed by atoms with Crippen LogP contribution in [-0.2, 0) is 17.9 Å².